The monoisotopic (exact) mass is 321 g/mol. The molecule has 24 heavy (non-hydrogen) atoms. The van der Waals surface area contributed by atoms with Crippen LogP contribution in [0.15, 0.2) is 58.5 Å². The Bertz CT molecular complexity index is 808. The number of unbranched alkanes of at least 4 members (excludes halogenated alkanes) is 1. The third-order valence-electron chi connectivity index (χ3n) is 4.02. The van der Waals surface area contributed by atoms with Gasteiger partial charge in [0, 0.05) is 24.3 Å². The Hall–Kier alpha value is -2.82. The first-order valence-electron chi connectivity index (χ1n) is 8.15. The summed E-state index contributed by atoms with van der Waals surface area (Å²) in [6.45, 7) is 2.16. The number of fused-ring (bicyclic) bond motifs is 1. The fourth-order valence-electron chi connectivity index (χ4n) is 2.71. The van der Waals surface area contributed by atoms with Crippen molar-refractivity contribution in [3.8, 4) is 0 Å². The summed E-state index contributed by atoms with van der Waals surface area (Å²) in [5.41, 5.74) is 4.75. The molecule has 1 heterocycles. The van der Waals surface area contributed by atoms with E-state index in [1.54, 1.807) is 12.1 Å². The lowest BCUT2D eigenvalue weighted by atomic mass is 10.0. The molecule has 0 saturated carbocycles. The molecular weight excluding hydrogens is 302 g/mol. The van der Waals surface area contributed by atoms with Gasteiger partial charge in [0.05, 0.1) is 22.0 Å². The van der Waals surface area contributed by atoms with Gasteiger partial charge in [0.2, 0.25) is 0 Å². The smallest absolute Gasteiger partial charge is 0.258 e. The van der Waals surface area contributed by atoms with Gasteiger partial charge in [0.15, 0.2) is 0 Å². The highest BCUT2D eigenvalue weighted by molar-refractivity contribution is 6.15. The summed E-state index contributed by atoms with van der Waals surface area (Å²) in [6.07, 6.45) is 3.82. The Morgan fingerprint density at radius 1 is 1.04 bits per heavy atom. The first kappa shape index (κ1) is 16.1. The minimum absolute atomic E-state index is 0.0910. The number of benzene rings is 2. The minimum Gasteiger partial charge on any atom is -0.258 e. The molecular formula is C19H19N3O2. The normalized spacial score (nSPS) is 13.5. The molecule has 1 aliphatic heterocycles. The molecule has 0 amide bonds. The van der Waals surface area contributed by atoms with Crippen LogP contribution in [0, 0.1) is 10.1 Å². The van der Waals surface area contributed by atoms with E-state index >= 15 is 0 Å². The molecule has 0 atom stereocenters. The summed E-state index contributed by atoms with van der Waals surface area (Å²) in [7, 11) is 0. The van der Waals surface area contributed by atoms with Crippen LogP contribution in [-0.4, -0.2) is 16.3 Å². The van der Waals surface area contributed by atoms with Gasteiger partial charge in [-0.2, -0.15) is 0 Å². The average molecular weight is 321 g/mol. The van der Waals surface area contributed by atoms with E-state index in [2.05, 4.69) is 6.92 Å². The zero-order valence-electron chi connectivity index (χ0n) is 13.6. The van der Waals surface area contributed by atoms with E-state index in [1.807, 2.05) is 24.3 Å². The van der Waals surface area contributed by atoms with E-state index in [-0.39, 0.29) is 10.6 Å². The molecule has 5 nitrogen and oxygen atoms in total. The highest BCUT2D eigenvalue weighted by atomic mass is 16.6. The Morgan fingerprint density at radius 2 is 1.71 bits per heavy atom. The van der Waals surface area contributed by atoms with Crippen LogP contribution in [0.2, 0.25) is 0 Å². The number of rotatable bonds is 5. The number of non-ortho nitro benzene ring substituents is 1. The van der Waals surface area contributed by atoms with Gasteiger partial charge in [-0.1, -0.05) is 25.5 Å². The van der Waals surface area contributed by atoms with E-state index in [9.17, 15) is 10.1 Å². The number of aliphatic imine (C=N–C) groups is 2. The third kappa shape index (κ3) is 3.56. The minimum atomic E-state index is -0.387. The molecule has 1 aliphatic rings. The van der Waals surface area contributed by atoms with Crippen molar-refractivity contribution in [3.05, 3.63) is 64.2 Å². The molecule has 0 saturated heterocycles. The molecule has 3 rings (SSSR count). The highest BCUT2D eigenvalue weighted by Crippen LogP contribution is 2.32. The van der Waals surface area contributed by atoms with E-state index in [1.165, 1.54) is 12.1 Å². The molecule has 0 radical (unpaired) electrons. The lowest BCUT2D eigenvalue weighted by molar-refractivity contribution is -0.384. The number of nitrogens with zero attached hydrogens (tertiary/aromatic N) is 3. The molecule has 0 unspecified atom stereocenters. The van der Waals surface area contributed by atoms with Crippen molar-refractivity contribution in [1.29, 1.82) is 0 Å². The van der Waals surface area contributed by atoms with Gasteiger partial charge in [-0.05, 0) is 42.7 Å². The molecule has 0 spiro atoms. The number of nitro groups is 1. The Kier molecular flexibility index (Phi) is 4.79. The lowest BCUT2D eigenvalue weighted by Gasteiger charge is -2.07. The predicted octanol–water partition coefficient (Wildman–Crippen LogP) is 5.38. The SMILES string of the molecule is CCCCC1=Nc2ccccc2N=C(c2ccc([N+](=O)[O-])cc2)C1. The molecule has 0 aromatic heterocycles. The summed E-state index contributed by atoms with van der Waals surface area (Å²) in [5, 5.41) is 10.8. The second kappa shape index (κ2) is 7.17. The molecule has 2 aromatic rings. The average Bonchev–Trinajstić information content (AvgIpc) is 2.79. The van der Waals surface area contributed by atoms with Crippen LogP contribution in [0.25, 0.3) is 0 Å². The van der Waals surface area contributed by atoms with E-state index in [4.69, 9.17) is 9.98 Å². The van der Waals surface area contributed by atoms with Crippen molar-refractivity contribution in [2.45, 2.75) is 32.6 Å². The zero-order valence-corrected chi connectivity index (χ0v) is 13.6. The van der Waals surface area contributed by atoms with Gasteiger partial charge in [0.25, 0.3) is 5.69 Å². The van der Waals surface area contributed by atoms with Crippen molar-refractivity contribution >= 4 is 28.5 Å². The summed E-state index contributed by atoms with van der Waals surface area (Å²) in [4.78, 5) is 20.0. The fraction of sp³-hybridized carbons (Fsp3) is 0.263. The number of hydrogen-bond acceptors (Lipinski definition) is 4. The van der Waals surface area contributed by atoms with E-state index in [0.29, 0.717) is 6.42 Å². The van der Waals surface area contributed by atoms with Crippen LogP contribution in [0.1, 0.15) is 38.2 Å². The molecule has 0 aliphatic carbocycles. The summed E-state index contributed by atoms with van der Waals surface area (Å²) in [6, 6.07) is 14.4. The van der Waals surface area contributed by atoms with Gasteiger partial charge in [-0.25, -0.2) is 0 Å². The van der Waals surface area contributed by atoms with Gasteiger partial charge in [0.1, 0.15) is 0 Å². The van der Waals surface area contributed by atoms with Gasteiger partial charge >= 0.3 is 0 Å². The van der Waals surface area contributed by atoms with Gasteiger partial charge < -0.3 is 0 Å². The van der Waals surface area contributed by atoms with Crippen LogP contribution < -0.4 is 0 Å². The summed E-state index contributed by atoms with van der Waals surface area (Å²) >= 11 is 0. The molecule has 5 heteroatoms. The maximum Gasteiger partial charge on any atom is 0.269 e. The van der Waals surface area contributed by atoms with Crippen molar-refractivity contribution in [1.82, 2.24) is 0 Å². The topological polar surface area (TPSA) is 67.9 Å². The standard InChI is InChI=1S/C19H19N3O2/c1-2-3-6-15-13-19(14-9-11-16(12-10-14)22(23)24)21-18-8-5-4-7-17(18)20-15/h4-5,7-12H,2-3,6,13H2,1H3. The van der Waals surface area contributed by atoms with Crippen LogP contribution in [-0.2, 0) is 0 Å². The molecule has 0 bridgehead atoms. The molecule has 0 fully saturated rings. The lowest BCUT2D eigenvalue weighted by Crippen LogP contribution is -2.08. The van der Waals surface area contributed by atoms with Crippen molar-refractivity contribution in [3.63, 3.8) is 0 Å². The Labute approximate surface area is 140 Å². The number of nitro benzene ring substituents is 1. The molecule has 0 N–H and O–H groups in total. The van der Waals surface area contributed by atoms with Crippen molar-refractivity contribution < 1.29 is 4.92 Å². The summed E-state index contributed by atoms with van der Waals surface area (Å²) < 4.78 is 0. The highest BCUT2D eigenvalue weighted by Gasteiger charge is 2.15. The van der Waals surface area contributed by atoms with Crippen LogP contribution in [0.3, 0.4) is 0 Å². The maximum atomic E-state index is 10.8. The largest absolute Gasteiger partial charge is 0.269 e. The third-order valence-corrected chi connectivity index (χ3v) is 4.02. The van der Waals surface area contributed by atoms with Gasteiger partial charge in [-0.3, -0.25) is 20.1 Å². The maximum absolute atomic E-state index is 10.8. The number of hydrogen-bond donors (Lipinski definition) is 0. The predicted molar refractivity (Wildman–Crippen MR) is 97.0 cm³/mol. The molecule has 122 valence electrons. The molecule has 2 aromatic carbocycles. The Balaban J connectivity index is 1.99. The first-order valence-corrected chi connectivity index (χ1v) is 8.15. The van der Waals surface area contributed by atoms with Crippen LogP contribution in [0.5, 0.6) is 0 Å². The van der Waals surface area contributed by atoms with E-state index in [0.717, 1.165) is 47.6 Å². The van der Waals surface area contributed by atoms with Crippen molar-refractivity contribution in [2.24, 2.45) is 9.98 Å². The second-order valence-corrected chi connectivity index (χ2v) is 5.81. The van der Waals surface area contributed by atoms with E-state index < -0.39 is 0 Å². The van der Waals surface area contributed by atoms with Crippen LogP contribution >= 0.6 is 0 Å². The summed E-state index contributed by atoms with van der Waals surface area (Å²) in [5.74, 6) is 0. The second-order valence-electron chi connectivity index (χ2n) is 5.81. The Morgan fingerprint density at radius 3 is 2.33 bits per heavy atom. The van der Waals surface area contributed by atoms with Crippen LogP contribution in [0.4, 0.5) is 17.1 Å². The first-order chi connectivity index (χ1) is 11.7. The zero-order chi connectivity index (χ0) is 16.9. The quantitative estimate of drug-likeness (QED) is 0.548. The number of para-hydroxylation sites is 2. The van der Waals surface area contributed by atoms with Gasteiger partial charge in [-0.15, -0.1) is 0 Å². The fourth-order valence-corrected chi connectivity index (χ4v) is 2.71. The van der Waals surface area contributed by atoms with Crippen molar-refractivity contribution in [2.75, 3.05) is 0 Å².